The highest BCUT2D eigenvalue weighted by Crippen LogP contribution is 2.23. The molecule has 0 aromatic heterocycles. The molecule has 0 saturated heterocycles. The third-order valence-corrected chi connectivity index (χ3v) is 5.40. The van der Waals surface area contributed by atoms with Crippen molar-refractivity contribution in [2.75, 3.05) is 13.1 Å². The van der Waals surface area contributed by atoms with Gasteiger partial charge in [0, 0.05) is 23.1 Å². The summed E-state index contributed by atoms with van der Waals surface area (Å²) >= 11 is 12.2. The van der Waals surface area contributed by atoms with Gasteiger partial charge in [-0.1, -0.05) is 89.9 Å². The Morgan fingerprint density at radius 2 is 1.22 bits per heavy atom. The number of nitrogens with one attached hydrogen (secondary N) is 2. The summed E-state index contributed by atoms with van der Waals surface area (Å²) in [5.74, 6) is -0.909. The molecule has 0 unspecified atom stereocenters. The lowest BCUT2D eigenvalue weighted by Gasteiger charge is -2.11. The van der Waals surface area contributed by atoms with Crippen LogP contribution < -0.4 is 10.6 Å². The Morgan fingerprint density at radius 3 is 1.69 bits per heavy atom. The summed E-state index contributed by atoms with van der Waals surface area (Å²) in [4.78, 5) is 25.8. The van der Waals surface area contributed by atoms with E-state index in [0.29, 0.717) is 41.5 Å². The van der Waals surface area contributed by atoms with Crippen LogP contribution in [0.1, 0.15) is 16.7 Å². The van der Waals surface area contributed by atoms with Crippen molar-refractivity contribution in [2.45, 2.75) is 12.8 Å². The van der Waals surface area contributed by atoms with Crippen LogP contribution in [0, 0.1) is 0 Å². The second kappa shape index (κ2) is 12.1. The molecule has 0 fully saturated rings. The highest BCUT2D eigenvalue weighted by Gasteiger charge is 2.18. The van der Waals surface area contributed by atoms with Crippen LogP contribution in [-0.2, 0) is 22.4 Å². The summed E-state index contributed by atoms with van der Waals surface area (Å²) in [6.07, 6.45) is 2.82. The molecule has 0 radical (unpaired) electrons. The molecule has 0 heterocycles. The predicted molar refractivity (Wildman–Crippen MR) is 131 cm³/mol. The van der Waals surface area contributed by atoms with E-state index in [1.54, 1.807) is 18.2 Å². The molecule has 0 spiro atoms. The summed E-state index contributed by atoms with van der Waals surface area (Å²) in [5, 5.41) is 6.51. The average molecular weight is 467 g/mol. The summed E-state index contributed by atoms with van der Waals surface area (Å²) in [7, 11) is 0. The second-order valence-corrected chi connectivity index (χ2v) is 8.05. The van der Waals surface area contributed by atoms with Crippen LogP contribution in [0.4, 0.5) is 0 Å². The lowest BCUT2D eigenvalue weighted by molar-refractivity contribution is -0.123. The van der Waals surface area contributed by atoms with Crippen LogP contribution in [0.3, 0.4) is 0 Å². The SMILES string of the molecule is O=C(NCCc1ccccc1)C(=Cc1ccc(Cl)cc1Cl)C(=O)NCCc1ccccc1. The number of amides is 2. The fraction of sp³-hybridized carbons (Fsp3) is 0.154. The van der Waals surface area contributed by atoms with Gasteiger partial charge >= 0.3 is 0 Å². The van der Waals surface area contributed by atoms with Crippen molar-refractivity contribution in [2.24, 2.45) is 0 Å². The molecule has 0 atom stereocenters. The van der Waals surface area contributed by atoms with E-state index in [2.05, 4.69) is 10.6 Å². The minimum atomic E-state index is -0.454. The zero-order valence-electron chi connectivity index (χ0n) is 17.5. The third-order valence-electron chi connectivity index (χ3n) is 4.84. The van der Waals surface area contributed by atoms with Crippen molar-refractivity contribution >= 4 is 41.1 Å². The molecule has 32 heavy (non-hydrogen) atoms. The summed E-state index contributed by atoms with van der Waals surface area (Å²) < 4.78 is 0. The smallest absolute Gasteiger partial charge is 0.256 e. The lowest BCUT2D eigenvalue weighted by atomic mass is 10.1. The van der Waals surface area contributed by atoms with Crippen molar-refractivity contribution in [3.63, 3.8) is 0 Å². The van der Waals surface area contributed by atoms with Crippen molar-refractivity contribution < 1.29 is 9.59 Å². The van der Waals surface area contributed by atoms with Gasteiger partial charge in [-0.25, -0.2) is 0 Å². The normalized spacial score (nSPS) is 10.3. The van der Waals surface area contributed by atoms with Crippen LogP contribution in [0.25, 0.3) is 6.08 Å². The first-order chi connectivity index (χ1) is 15.5. The van der Waals surface area contributed by atoms with Gasteiger partial charge in [0.2, 0.25) is 0 Å². The largest absolute Gasteiger partial charge is 0.352 e. The molecule has 0 aliphatic rings. The van der Waals surface area contributed by atoms with Gasteiger partial charge in [0.05, 0.1) is 0 Å². The molecule has 6 heteroatoms. The first kappa shape index (κ1) is 23.6. The van der Waals surface area contributed by atoms with Gasteiger partial charge in [0.25, 0.3) is 11.8 Å². The zero-order chi connectivity index (χ0) is 22.8. The molecule has 0 saturated carbocycles. The number of carbonyl (C=O) groups is 2. The van der Waals surface area contributed by atoms with Crippen LogP contribution in [0.15, 0.2) is 84.4 Å². The Balaban J connectivity index is 1.70. The standard InChI is InChI=1S/C26H24Cl2N2O2/c27-22-12-11-21(24(28)18-22)17-23(25(31)29-15-13-19-7-3-1-4-8-19)26(32)30-16-14-20-9-5-2-6-10-20/h1-12,17-18H,13-16H2,(H,29,31)(H,30,32). The zero-order valence-corrected chi connectivity index (χ0v) is 19.0. The molecule has 3 aromatic carbocycles. The van der Waals surface area contributed by atoms with Crippen molar-refractivity contribution in [1.29, 1.82) is 0 Å². The molecule has 0 aliphatic carbocycles. The molecule has 3 rings (SSSR count). The molecule has 2 amide bonds. The maximum atomic E-state index is 12.9. The van der Waals surface area contributed by atoms with Gasteiger partial charge < -0.3 is 10.6 Å². The van der Waals surface area contributed by atoms with Crippen molar-refractivity contribution in [3.8, 4) is 0 Å². The minimum Gasteiger partial charge on any atom is -0.352 e. The number of halogens is 2. The molecule has 4 nitrogen and oxygen atoms in total. The van der Waals surface area contributed by atoms with Gasteiger partial charge in [-0.3, -0.25) is 9.59 Å². The molecular formula is C26H24Cl2N2O2. The molecule has 164 valence electrons. The van der Waals surface area contributed by atoms with E-state index in [1.807, 2.05) is 60.7 Å². The van der Waals surface area contributed by atoms with E-state index in [0.717, 1.165) is 11.1 Å². The van der Waals surface area contributed by atoms with E-state index in [4.69, 9.17) is 23.2 Å². The molecule has 0 aliphatic heterocycles. The Morgan fingerprint density at radius 1 is 0.719 bits per heavy atom. The molecule has 2 N–H and O–H groups in total. The minimum absolute atomic E-state index is 0.00431. The maximum Gasteiger partial charge on any atom is 0.256 e. The van der Waals surface area contributed by atoms with Crippen molar-refractivity contribution in [1.82, 2.24) is 10.6 Å². The fourth-order valence-electron chi connectivity index (χ4n) is 3.13. The quantitative estimate of drug-likeness (QED) is 0.262. The number of hydrogen-bond acceptors (Lipinski definition) is 2. The number of hydrogen-bond donors (Lipinski definition) is 2. The highest BCUT2D eigenvalue weighted by atomic mass is 35.5. The predicted octanol–water partition coefficient (Wildman–Crippen LogP) is 5.09. The Kier molecular flexibility index (Phi) is 8.90. The molecular weight excluding hydrogens is 443 g/mol. The Hall–Kier alpha value is -3.08. The summed E-state index contributed by atoms with van der Waals surface area (Å²) in [5.41, 5.74) is 2.75. The first-order valence-electron chi connectivity index (χ1n) is 10.3. The molecule has 3 aromatic rings. The average Bonchev–Trinajstić information content (AvgIpc) is 2.80. The van der Waals surface area contributed by atoms with Gasteiger partial charge in [-0.05, 0) is 47.7 Å². The van der Waals surface area contributed by atoms with Crippen LogP contribution >= 0.6 is 23.2 Å². The highest BCUT2D eigenvalue weighted by molar-refractivity contribution is 6.36. The van der Waals surface area contributed by atoms with Crippen LogP contribution in [-0.4, -0.2) is 24.9 Å². The monoisotopic (exact) mass is 466 g/mol. The molecule has 0 bridgehead atoms. The maximum absolute atomic E-state index is 12.9. The van der Waals surface area contributed by atoms with E-state index in [-0.39, 0.29) is 5.57 Å². The number of rotatable bonds is 9. The van der Waals surface area contributed by atoms with E-state index < -0.39 is 11.8 Å². The van der Waals surface area contributed by atoms with E-state index in [9.17, 15) is 9.59 Å². The van der Waals surface area contributed by atoms with Gasteiger partial charge in [-0.2, -0.15) is 0 Å². The number of benzene rings is 3. The second-order valence-electron chi connectivity index (χ2n) is 7.21. The lowest BCUT2D eigenvalue weighted by Crippen LogP contribution is -2.36. The number of carbonyl (C=O) groups excluding carboxylic acids is 2. The first-order valence-corrected chi connectivity index (χ1v) is 11.1. The van der Waals surface area contributed by atoms with Crippen LogP contribution in [0.2, 0.25) is 10.0 Å². The summed E-state index contributed by atoms with van der Waals surface area (Å²) in [6, 6.07) is 24.6. The van der Waals surface area contributed by atoms with Gasteiger partial charge in [0.1, 0.15) is 5.57 Å². The topological polar surface area (TPSA) is 58.2 Å². The van der Waals surface area contributed by atoms with Crippen molar-refractivity contribution in [3.05, 3.63) is 111 Å². The van der Waals surface area contributed by atoms with Gasteiger partial charge in [0.15, 0.2) is 0 Å². The Bertz CT molecular complexity index is 1020. The van der Waals surface area contributed by atoms with E-state index in [1.165, 1.54) is 6.08 Å². The van der Waals surface area contributed by atoms with Crippen LogP contribution in [0.5, 0.6) is 0 Å². The van der Waals surface area contributed by atoms with E-state index >= 15 is 0 Å². The fourth-order valence-corrected chi connectivity index (χ4v) is 3.59. The Labute approximate surface area is 198 Å². The summed E-state index contributed by atoms with van der Waals surface area (Å²) in [6.45, 7) is 0.817. The third kappa shape index (κ3) is 7.26. The van der Waals surface area contributed by atoms with Gasteiger partial charge in [-0.15, -0.1) is 0 Å².